The summed E-state index contributed by atoms with van der Waals surface area (Å²) in [7, 11) is 0. The summed E-state index contributed by atoms with van der Waals surface area (Å²) in [4.78, 5) is 12.8. The standard InChI is InChI=1S/C13H15NO2S/c1-9-6-12(13(16)8-15)10(2)14(9)7-11-4-3-5-17-11/h3-6,15H,7-8H2,1-2H3. The molecule has 2 aromatic heterocycles. The molecule has 2 rings (SSSR count). The predicted octanol–water partition coefficient (Wildman–Crippen LogP) is 2.39. The van der Waals surface area contributed by atoms with Crippen LogP contribution in [-0.4, -0.2) is 22.1 Å². The monoisotopic (exact) mass is 249 g/mol. The van der Waals surface area contributed by atoms with Crippen LogP contribution in [0.2, 0.25) is 0 Å². The van der Waals surface area contributed by atoms with E-state index < -0.39 is 6.61 Å². The van der Waals surface area contributed by atoms with Crippen LogP contribution in [0.15, 0.2) is 23.6 Å². The number of aliphatic hydroxyl groups is 1. The summed E-state index contributed by atoms with van der Waals surface area (Å²) < 4.78 is 2.11. The molecule has 17 heavy (non-hydrogen) atoms. The molecular weight excluding hydrogens is 234 g/mol. The van der Waals surface area contributed by atoms with Crippen LogP contribution in [-0.2, 0) is 6.54 Å². The van der Waals surface area contributed by atoms with Crippen molar-refractivity contribution in [3.8, 4) is 0 Å². The van der Waals surface area contributed by atoms with E-state index in [1.807, 2.05) is 31.4 Å². The van der Waals surface area contributed by atoms with Gasteiger partial charge in [-0.15, -0.1) is 11.3 Å². The van der Waals surface area contributed by atoms with Crippen molar-refractivity contribution in [3.63, 3.8) is 0 Å². The minimum atomic E-state index is -0.427. The molecule has 0 aromatic carbocycles. The van der Waals surface area contributed by atoms with Gasteiger partial charge in [-0.25, -0.2) is 0 Å². The minimum absolute atomic E-state index is 0.212. The van der Waals surface area contributed by atoms with Crippen LogP contribution in [0.3, 0.4) is 0 Å². The van der Waals surface area contributed by atoms with Gasteiger partial charge in [0.15, 0.2) is 5.78 Å². The van der Waals surface area contributed by atoms with Gasteiger partial charge in [0.1, 0.15) is 6.61 Å². The second-order valence-electron chi connectivity index (χ2n) is 4.03. The lowest BCUT2D eigenvalue weighted by Crippen LogP contribution is -2.07. The Morgan fingerprint density at radius 3 is 2.82 bits per heavy atom. The molecule has 0 amide bonds. The van der Waals surface area contributed by atoms with Crippen LogP contribution >= 0.6 is 11.3 Å². The number of rotatable bonds is 4. The summed E-state index contributed by atoms with van der Waals surface area (Å²) in [6.45, 7) is 4.26. The topological polar surface area (TPSA) is 42.2 Å². The molecule has 0 bridgehead atoms. The lowest BCUT2D eigenvalue weighted by Gasteiger charge is -2.07. The Morgan fingerprint density at radius 1 is 1.47 bits per heavy atom. The van der Waals surface area contributed by atoms with Crippen molar-refractivity contribution in [1.29, 1.82) is 0 Å². The van der Waals surface area contributed by atoms with Gasteiger partial charge in [0, 0.05) is 21.8 Å². The first-order valence-electron chi connectivity index (χ1n) is 5.46. The van der Waals surface area contributed by atoms with Gasteiger partial charge in [-0.3, -0.25) is 4.79 Å². The van der Waals surface area contributed by atoms with Gasteiger partial charge in [0.05, 0.1) is 6.54 Å². The van der Waals surface area contributed by atoms with Crippen molar-refractivity contribution in [2.45, 2.75) is 20.4 Å². The maximum absolute atomic E-state index is 11.5. The molecule has 0 aliphatic heterocycles. The number of carbonyl (C=O) groups is 1. The van der Waals surface area contributed by atoms with Crippen LogP contribution in [0.25, 0.3) is 0 Å². The number of hydrogen-bond acceptors (Lipinski definition) is 3. The van der Waals surface area contributed by atoms with Crippen molar-refractivity contribution < 1.29 is 9.90 Å². The average Bonchev–Trinajstić information content (AvgIpc) is 2.91. The highest BCUT2D eigenvalue weighted by Crippen LogP contribution is 2.19. The maximum Gasteiger partial charge on any atom is 0.189 e. The fourth-order valence-electron chi connectivity index (χ4n) is 1.97. The molecule has 2 aromatic rings. The van der Waals surface area contributed by atoms with Gasteiger partial charge in [0.25, 0.3) is 0 Å². The molecule has 0 aliphatic rings. The Labute approximate surface area is 104 Å². The third kappa shape index (κ3) is 2.33. The molecule has 0 atom stereocenters. The highest BCUT2D eigenvalue weighted by atomic mass is 32.1. The molecule has 4 heteroatoms. The van der Waals surface area contributed by atoms with E-state index in [1.165, 1.54) is 4.88 Å². The van der Waals surface area contributed by atoms with E-state index in [-0.39, 0.29) is 5.78 Å². The van der Waals surface area contributed by atoms with Crippen LogP contribution in [0.4, 0.5) is 0 Å². The first-order chi connectivity index (χ1) is 8.13. The highest BCUT2D eigenvalue weighted by Gasteiger charge is 2.14. The number of thiophene rings is 1. The second-order valence-corrected chi connectivity index (χ2v) is 5.06. The van der Waals surface area contributed by atoms with Gasteiger partial charge in [0.2, 0.25) is 0 Å². The molecule has 0 radical (unpaired) electrons. The number of Topliss-reactive ketones (excluding diaryl/α,β-unsaturated/α-hetero) is 1. The Balaban J connectivity index is 2.35. The van der Waals surface area contributed by atoms with E-state index in [1.54, 1.807) is 11.3 Å². The smallest absolute Gasteiger partial charge is 0.189 e. The molecule has 0 unspecified atom stereocenters. The van der Waals surface area contributed by atoms with E-state index in [4.69, 9.17) is 5.11 Å². The predicted molar refractivity (Wildman–Crippen MR) is 68.7 cm³/mol. The quantitative estimate of drug-likeness (QED) is 0.845. The number of carbonyl (C=O) groups excluding carboxylic acids is 1. The normalized spacial score (nSPS) is 10.8. The maximum atomic E-state index is 11.5. The molecule has 90 valence electrons. The van der Waals surface area contributed by atoms with Crippen molar-refractivity contribution in [1.82, 2.24) is 4.57 Å². The molecule has 0 fully saturated rings. The fraction of sp³-hybridized carbons (Fsp3) is 0.308. The molecule has 0 saturated heterocycles. The van der Waals surface area contributed by atoms with Gasteiger partial charge in [-0.05, 0) is 31.4 Å². The van der Waals surface area contributed by atoms with Crippen molar-refractivity contribution in [2.24, 2.45) is 0 Å². The molecule has 3 nitrogen and oxygen atoms in total. The molecule has 0 spiro atoms. The number of aromatic nitrogens is 1. The van der Waals surface area contributed by atoms with E-state index in [2.05, 4.69) is 10.6 Å². The average molecular weight is 249 g/mol. The largest absolute Gasteiger partial charge is 0.388 e. The number of hydrogen-bond donors (Lipinski definition) is 1. The SMILES string of the molecule is Cc1cc(C(=O)CO)c(C)n1Cc1cccs1. The summed E-state index contributed by atoms with van der Waals surface area (Å²) in [6.07, 6.45) is 0. The summed E-state index contributed by atoms with van der Waals surface area (Å²) >= 11 is 1.70. The zero-order valence-electron chi connectivity index (χ0n) is 9.93. The zero-order valence-corrected chi connectivity index (χ0v) is 10.8. The summed E-state index contributed by atoms with van der Waals surface area (Å²) in [6, 6.07) is 5.95. The first-order valence-corrected chi connectivity index (χ1v) is 6.34. The second kappa shape index (κ2) is 4.85. The zero-order chi connectivity index (χ0) is 12.4. The number of ketones is 1. The van der Waals surface area contributed by atoms with Gasteiger partial charge in [-0.2, -0.15) is 0 Å². The van der Waals surface area contributed by atoms with E-state index in [0.717, 1.165) is 17.9 Å². The van der Waals surface area contributed by atoms with Gasteiger partial charge < -0.3 is 9.67 Å². The Hall–Kier alpha value is -1.39. The van der Waals surface area contributed by atoms with E-state index in [9.17, 15) is 4.79 Å². The first kappa shape index (κ1) is 12.1. The third-order valence-corrected chi connectivity index (χ3v) is 3.77. The Morgan fingerprint density at radius 2 is 2.24 bits per heavy atom. The van der Waals surface area contributed by atoms with E-state index >= 15 is 0 Å². The summed E-state index contributed by atoms with van der Waals surface area (Å²) in [5, 5.41) is 11.0. The molecule has 0 aliphatic carbocycles. The van der Waals surface area contributed by atoms with Crippen molar-refractivity contribution in [3.05, 3.63) is 45.4 Å². The third-order valence-electron chi connectivity index (χ3n) is 2.91. The molecular formula is C13H15NO2S. The van der Waals surface area contributed by atoms with Crippen molar-refractivity contribution >= 4 is 17.1 Å². The summed E-state index contributed by atoms with van der Waals surface area (Å²) in [5.74, 6) is -0.212. The van der Waals surface area contributed by atoms with Crippen LogP contribution in [0, 0.1) is 13.8 Å². The van der Waals surface area contributed by atoms with Crippen LogP contribution in [0.1, 0.15) is 26.6 Å². The molecule has 2 heterocycles. The highest BCUT2D eigenvalue weighted by molar-refractivity contribution is 7.09. The van der Waals surface area contributed by atoms with Crippen LogP contribution in [0.5, 0.6) is 0 Å². The lowest BCUT2D eigenvalue weighted by atomic mass is 10.2. The summed E-state index contributed by atoms with van der Waals surface area (Å²) in [5.41, 5.74) is 2.60. The Kier molecular flexibility index (Phi) is 3.45. The number of nitrogens with zero attached hydrogens (tertiary/aromatic N) is 1. The number of aryl methyl sites for hydroxylation is 1. The van der Waals surface area contributed by atoms with Crippen molar-refractivity contribution in [2.75, 3.05) is 6.61 Å². The lowest BCUT2D eigenvalue weighted by molar-refractivity contribution is 0.0903. The van der Waals surface area contributed by atoms with Crippen LogP contribution < -0.4 is 0 Å². The Bertz CT molecular complexity index is 526. The van der Waals surface area contributed by atoms with Gasteiger partial charge >= 0.3 is 0 Å². The molecule has 1 N–H and O–H groups in total. The van der Waals surface area contributed by atoms with Gasteiger partial charge in [-0.1, -0.05) is 6.07 Å². The number of aliphatic hydroxyl groups excluding tert-OH is 1. The van der Waals surface area contributed by atoms with E-state index in [0.29, 0.717) is 5.56 Å². The molecule has 0 saturated carbocycles. The fourth-order valence-corrected chi connectivity index (χ4v) is 2.66. The minimum Gasteiger partial charge on any atom is -0.388 e.